The highest BCUT2D eigenvalue weighted by atomic mass is 32.1. The lowest BCUT2D eigenvalue weighted by Crippen LogP contribution is -1.96. The summed E-state index contributed by atoms with van der Waals surface area (Å²) in [6, 6.07) is 65.8. The molecule has 0 radical (unpaired) electrons. The van der Waals surface area contributed by atoms with Crippen LogP contribution >= 0.6 is 22.7 Å². The molecular formula is C50H30N2S2. The van der Waals surface area contributed by atoms with Gasteiger partial charge >= 0.3 is 0 Å². The zero-order valence-corrected chi connectivity index (χ0v) is 30.7. The molecule has 0 saturated carbocycles. The summed E-state index contributed by atoms with van der Waals surface area (Å²) in [5.74, 6) is 0.710. The Morgan fingerprint density at radius 1 is 0.278 bits per heavy atom. The topological polar surface area (TPSA) is 25.8 Å². The van der Waals surface area contributed by atoms with Gasteiger partial charge in [0.05, 0.1) is 11.4 Å². The number of rotatable bonds is 5. The van der Waals surface area contributed by atoms with Crippen LogP contribution in [0.1, 0.15) is 0 Å². The summed E-state index contributed by atoms with van der Waals surface area (Å²) in [4.78, 5) is 10.5. The van der Waals surface area contributed by atoms with Crippen molar-refractivity contribution in [1.82, 2.24) is 9.97 Å². The Bertz CT molecular complexity index is 3230. The molecule has 11 rings (SSSR count). The number of thiophene rings is 2. The average molecular weight is 723 g/mol. The zero-order valence-electron chi connectivity index (χ0n) is 29.0. The maximum absolute atomic E-state index is 5.30. The summed E-state index contributed by atoms with van der Waals surface area (Å²) >= 11 is 3.69. The Hall–Kier alpha value is -6.46. The molecule has 0 N–H and O–H groups in total. The molecule has 0 unspecified atom stereocenters. The smallest absolute Gasteiger partial charge is 0.160 e. The van der Waals surface area contributed by atoms with E-state index in [4.69, 9.17) is 9.97 Å². The molecule has 0 aliphatic heterocycles. The van der Waals surface area contributed by atoms with E-state index in [0.717, 1.165) is 39.2 Å². The van der Waals surface area contributed by atoms with Gasteiger partial charge < -0.3 is 0 Å². The highest BCUT2D eigenvalue weighted by Gasteiger charge is 2.16. The van der Waals surface area contributed by atoms with Gasteiger partial charge in [0, 0.05) is 57.0 Å². The molecule has 0 amide bonds. The maximum Gasteiger partial charge on any atom is 0.160 e. The predicted molar refractivity (Wildman–Crippen MR) is 232 cm³/mol. The third-order valence-electron chi connectivity index (χ3n) is 10.5. The minimum Gasteiger partial charge on any atom is -0.228 e. The van der Waals surface area contributed by atoms with Crippen LogP contribution in [0.5, 0.6) is 0 Å². The SMILES string of the molecule is c1ccc(-c2nc(-c3cc(-c4ccc5ccccc5c4)cc(-c4ccc5sc6ccccc6c5c4)c3)cc(-c3ccc4sc5ccccc5c4c3)n2)cc1. The summed E-state index contributed by atoms with van der Waals surface area (Å²) in [6.07, 6.45) is 0. The Labute approximate surface area is 320 Å². The summed E-state index contributed by atoms with van der Waals surface area (Å²) < 4.78 is 5.19. The Balaban J connectivity index is 1.14. The minimum atomic E-state index is 0.710. The van der Waals surface area contributed by atoms with Crippen molar-refractivity contribution in [2.24, 2.45) is 0 Å². The van der Waals surface area contributed by atoms with E-state index in [1.165, 1.54) is 62.2 Å². The van der Waals surface area contributed by atoms with Crippen LogP contribution in [0, 0.1) is 0 Å². The third-order valence-corrected chi connectivity index (χ3v) is 12.8. The summed E-state index contributed by atoms with van der Waals surface area (Å²) in [6.45, 7) is 0. The molecule has 0 atom stereocenters. The second-order valence-corrected chi connectivity index (χ2v) is 16.0. The fourth-order valence-electron chi connectivity index (χ4n) is 7.73. The van der Waals surface area contributed by atoms with Crippen LogP contribution in [0.25, 0.3) is 107 Å². The molecule has 2 nitrogen and oxygen atoms in total. The molecule has 0 aliphatic carbocycles. The zero-order chi connectivity index (χ0) is 35.6. The van der Waals surface area contributed by atoms with Crippen molar-refractivity contribution in [3.05, 3.63) is 182 Å². The average Bonchev–Trinajstić information content (AvgIpc) is 3.81. The maximum atomic E-state index is 5.30. The Morgan fingerprint density at radius 2 is 0.778 bits per heavy atom. The van der Waals surface area contributed by atoms with E-state index >= 15 is 0 Å². The van der Waals surface area contributed by atoms with E-state index in [9.17, 15) is 0 Å². The molecule has 0 aliphatic rings. The van der Waals surface area contributed by atoms with Crippen molar-refractivity contribution in [1.29, 1.82) is 0 Å². The molecule has 252 valence electrons. The molecule has 3 heterocycles. The minimum absolute atomic E-state index is 0.710. The van der Waals surface area contributed by atoms with E-state index in [0.29, 0.717) is 5.82 Å². The van der Waals surface area contributed by atoms with Gasteiger partial charge in [-0.05, 0) is 99.8 Å². The van der Waals surface area contributed by atoms with Crippen LogP contribution in [0.4, 0.5) is 0 Å². The quantitative estimate of drug-likeness (QED) is 0.177. The molecule has 0 spiro atoms. The first-order valence-electron chi connectivity index (χ1n) is 18.1. The van der Waals surface area contributed by atoms with E-state index in [1.54, 1.807) is 0 Å². The van der Waals surface area contributed by atoms with Crippen LogP contribution < -0.4 is 0 Å². The lowest BCUT2D eigenvalue weighted by molar-refractivity contribution is 1.18. The van der Waals surface area contributed by atoms with Crippen molar-refractivity contribution in [3.8, 4) is 56.2 Å². The standard InChI is InChI=1S/C50H30N2S2/c1-2-11-32(12-3-1)50-51-44(36-21-23-49-43(29-36)41-15-7-9-17-47(41)54-49)30-45(52-50)39-26-37(34-19-18-31-10-4-5-13-33(31)24-34)25-38(27-39)35-20-22-48-42(28-35)40-14-6-8-16-46(40)53-48/h1-30H. The van der Waals surface area contributed by atoms with Gasteiger partial charge in [0.1, 0.15) is 0 Å². The van der Waals surface area contributed by atoms with Gasteiger partial charge in [0.15, 0.2) is 5.82 Å². The second-order valence-electron chi connectivity index (χ2n) is 13.8. The molecule has 4 heteroatoms. The number of benzene rings is 8. The van der Waals surface area contributed by atoms with Gasteiger partial charge in [-0.15, -0.1) is 22.7 Å². The van der Waals surface area contributed by atoms with E-state index in [-0.39, 0.29) is 0 Å². The first kappa shape index (κ1) is 31.1. The van der Waals surface area contributed by atoms with Gasteiger partial charge in [-0.3, -0.25) is 0 Å². The van der Waals surface area contributed by atoms with Crippen molar-refractivity contribution in [2.75, 3.05) is 0 Å². The highest BCUT2D eigenvalue weighted by Crippen LogP contribution is 2.41. The van der Waals surface area contributed by atoms with Gasteiger partial charge in [-0.1, -0.05) is 115 Å². The number of hydrogen-bond acceptors (Lipinski definition) is 4. The van der Waals surface area contributed by atoms with Gasteiger partial charge in [0.2, 0.25) is 0 Å². The van der Waals surface area contributed by atoms with Crippen LogP contribution in [0.2, 0.25) is 0 Å². The summed E-state index contributed by atoms with van der Waals surface area (Å²) in [7, 11) is 0. The van der Waals surface area contributed by atoms with Gasteiger partial charge in [-0.25, -0.2) is 9.97 Å². The lowest BCUT2D eigenvalue weighted by atomic mass is 9.93. The first-order chi connectivity index (χ1) is 26.7. The highest BCUT2D eigenvalue weighted by molar-refractivity contribution is 7.26. The number of hydrogen-bond donors (Lipinski definition) is 0. The van der Waals surface area contributed by atoms with Crippen molar-refractivity contribution in [3.63, 3.8) is 0 Å². The molecule has 0 fully saturated rings. The summed E-state index contributed by atoms with van der Waals surface area (Å²) in [5, 5.41) is 7.58. The fourth-order valence-corrected chi connectivity index (χ4v) is 9.90. The van der Waals surface area contributed by atoms with E-state index < -0.39 is 0 Å². The fraction of sp³-hybridized carbons (Fsp3) is 0. The van der Waals surface area contributed by atoms with Crippen molar-refractivity contribution in [2.45, 2.75) is 0 Å². The molecule has 11 aromatic rings. The molecule has 0 bridgehead atoms. The number of aromatic nitrogens is 2. The monoisotopic (exact) mass is 722 g/mol. The van der Waals surface area contributed by atoms with Crippen LogP contribution in [-0.2, 0) is 0 Å². The van der Waals surface area contributed by atoms with Crippen LogP contribution in [0.3, 0.4) is 0 Å². The van der Waals surface area contributed by atoms with Crippen molar-refractivity contribution >= 4 is 73.8 Å². The first-order valence-corrected chi connectivity index (χ1v) is 19.8. The molecule has 3 aromatic heterocycles. The normalized spacial score (nSPS) is 11.7. The van der Waals surface area contributed by atoms with E-state index in [2.05, 4.69) is 176 Å². The largest absolute Gasteiger partial charge is 0.228 e. The Kier molecular flexibility index (Phi) is 7.25. The van der Waals surface area contributed by atoms with Crippen LogP contribution in [-0.4, -0.2) is 9.97 Å². The molecule has 54 heavy (non-hydrogen) atoms. The Morgan fingerprint density at radius 3 is 1.48 bits per heavy atom. The lowest BCUT2D eigenvalue weighted by Gasteiger charge is -2.14. The number of fused-ring (bicyclic) bond motifs is 7. The predicted octanol–water partition coefficient (Wildman–Crippen LogP) is 14.7. The van der Waals surface area contributed by atoms with Crippen LogP contribution in [0.15, 0.2) is 182 Å². The van der Waals surface area contributed by atoms with Gasteiger partial charge in [0.25, 0.3) is 0 Å². The second kappa shape index (κ2) is 12.6. The van der Waals surface area contributed by atoms with E-state index in [1.807, 2.05) is 28.7 Å². The molecule has 0 saturated heterocycles. The summed E-state index contributed by atoms with van der Waals surface area (Å²) in [5.41, 5.74) is 9.56. The molecular weight excluding hydrogens is 693 g/mol. The number of nitrogens with zero attached hydrogens (tertiary/aromatic N) is 2. The van der Waals surface area contributed by atoms with Crippen molar-refractivity contribution < 1.29 is 0 Å². The molecule has 8 aromatic carbocycles. The van der Waals surface area contributed by atoms with Gasteiger partial charge in [-0.2, -0.15) is 0 Å². The third kappa shape index (κ3) is 5.38.